The van der Waals surface area contributed by atoms with Crippen LogP contribution in [0.5, 0.6) is 0 Å². The molecule has 1 saturated carbocycles. The van der Waals surface area contributed by atoms with Gasteiger partial charge in [-0.2, -0.15) is 0 Å². The van der Waals surface area contributed by atoms with Crippen LogP contribution < -0.4 is 10.6 Å². The molecule has 1 aromatic rings. The molecule has 3 amide bonds. The van der Waals surface area contributed by atoms with E-state index in [1.165, 1.54) is 12.1 Å². The molecule has 2 heterocycles. The Morgan fingerprint density at radius 1 is 1.20 bits per heavy atom. The van der Waals surface area contributed by atoms with Gasteiger partial charge in [0.1, 0.15) is 0 Å². The van der Waals surface area contributed by atoms with Crippen molar-refractivity contribution in [3.05, 3.63) is 24.0 Å². The van der Waals surface area contributed by atoms with Crippen molar-refractivity contribution in [2.24, 2.45) is 11.8 Å². The second-order valence-corrected chi connectivity index (χ2v) is 7.67. The normalized spacial score (nSPS) is 29.7. The van der Waals surface area contributed by atoms with Gasteiger partial charge >= 0.3 is 6.03 Å². The van der Waals surface area contributed by atoms with Crippen molar-refractivity contribution in [2.45, 2.75) is 58.7 Å². The summed E-state index contributed by atoms with van der Waals surface area (Å²) in [6.45, 7) is 8.45. The zero-order chi connectivity index (χ0) is 18.0. The molecule has 2 aliphatic rings. The third-order valence-electron chi connectivity index (χ3n) is 6.09. The molecular weight excluding hydrogens is 316 g/mol. The van der Waals surface area contributed by atoms with Crippen LogP contribution in [0.4, 0.5) is 4.79 Å². The molecule has 6 heteroatoms. The van der Waals surface area contributed by atoms with Crippen LogP contribution in [-0.4, -0.2) is 40.5 Å². The molecule has 1 aliphatic heterocycles. The Kier molecular flexibility index (Phi) is 5.47. The highest BCUT2D eigenvalue weighted by Crippen LogP contribution is 2.29. The molecule has 0 aromatic carbocycles. The molecule has 1 fully saturated rings. The van der Waals surface area contributed by atoms with Crippen molar-refractivity contribution in [3.63, 3.8) is 0 Å². The van der Waals surface area contributed by atoms with Crippen LogP contribution in [0, 0.1) is 11.8 Å². The van der Waals surface area contributed by atoms with E-state index in [0.29, 0.717) is 11.8 Å². The largest absolute Gasteiger partial charge is 0.349 e. The number of carbonyl (C=O) groups is 2. The molecule has 0 bridgehead atoms. The fraction of sp³-hybridized carbons (Fsp3) is 0.684. The smallest absolute Gasteiger partial charge is 0.321 e. The van der Waals surface area contributed by atoms with Gasteiger partial charge in [-0.25, -0.2) is 4.79 Å². The topological polar surface area (TPSA) is 66.4 Å². The van der Waals surface area contributed by atoms with Gasteiger partial charge in [0.25, 0.3) is 0 Å². The molecule has 3 rings (SSSR count). The SMILES string of the molecule is C[C@H]1[C@H](C)CCC[C@@H]1NC(=O)NC(=O)CN1CCn2cccc2[C@H]1C. The van der Waals surface area contributed by atoms with Crippen LogP contribution in [0.2, 0.25) is 0 Å². The minimum absolute atomic E-state index is 0.161. The molecule has 2 N–H and O–H groups in total. The zero-order valence-electron chi connectivity index (χ0n) is 15.5. The lowest BCUT2D eigenvalue weighted by Gasteiger charge is -2.35. The number of carbonyl (C=O) groups excluding carboxylic acids is 2. The first-order valence-electron chi connectivity index (χ1n) is 9.45. The number of nitrogens with one attached hydrogen (secondary N) is 2. The summed E-state index contributed by atoms with van der Waals surface area (Å²) >= 11 is 0. The highest BCUT2D eigenvalue weighted by molar-refractivity contribution is 5.95. The number of hydrogen-bond acceptors (Lipinski definition) is 3. The number of fused-ring (bicyclic) bond motifs is 1. The first-order valence-corrected chi connectivity index (χ1v) is 9.45. The molecule has 0 spiro atoms. The summed E-state index contributed by atoms with van der Waals surface area (Å²) in [6, 6.07) is 4.11. The fourth-order valence-corrected chi connectivity index (χ4v) is 4.18. The van der Waals surface area contributed by atoms with Gasteiger partial charge in [-0.3, -0.25) is 15.0 Å². The van der Waals surface area contributed by atoms with Crippen LogP contribution in [0.1, 0.15) is 51.8 Å². The molecule has 0 radical (unpaired) electrons. The third-order valence-corrected chi connectivity index (χ3v) is 6.09. The highest BCUT2D eigenvalue weighted by atomic mass is 16.2. The lowest BCUT2D eigenvalue weighted by molar-refractivity contribution is -0.122. The number of aromatic nitrogens is 1. The minimum Gasteiger partial charge on any atom is -0.349 e. The number of rotatable bonds is 3. The summed E-state index contributed by atoms with van der Waals surface area (Å²) in [5, 5.41) is 5.51. The second kappa shape index (κ2) is 7.60. The molecule has 6 nitrogen and oxygen atoms in total. The lowest BCUT2D eigenvalue weighted by atomic mass is 9.78. The summed E-state index contributed by atoms with van der Waals surface area (Å²) in [6.07, 6.45) is 5.42. The summed E-state index contributed by atoms with van der Waals surface area (Å²) in [5.41, 5.74) is 1.22. The van der Waals surface area contributed by atoms with E-state index in [-0.39, 0.29) is 30.6 Å². The van der Waals surface area contributed by atoms with E-state index in [4.69, 9.17) is 0 Å². The van der Waals surface area contributed by atoms with Crippen molar-refractivity contribution in [3.8, 4) is 0 Å². The summed E-state index contributed by atoms with van der Waals surface area (Å²) in [5.74, 6) is 0.825. The Balaban J connectivity index is 1.48. The molecular formula is C19H30N4O2. The summed E-state index contributed by atoms with van der Waals surface area (Å²) in [4.78, 5) is 26.6. The predicted octanol–water partition coefficient (Wildman–Crippen LogP) is 2.52. The van der Waals surface area contributed by atoms with E-state index in [2.05, 4.69) is 53.1 Å². The van der Waals surface area contributed by atoms with Crippen LogP contribution in [-0.2, 0) is 11.3 Å². The van der Waals surface area contributed by atoms with E-state index < -0.39 is 0 Å². The predicted molar refractivity (Wildman–Crippen MR) is 97.1 cm³/mol. The highest BCUT2D eigenvalue weighted by Gasteiger charge is 2.29. The maximum Gasteiger partial charge on any atom is 0.321 e. The first-order chi connectivity index (χ1) is 12.0. The number of nitrogens with zero attached hydrogens (tertiary/aromatic N) is 2. The summed E-state index contributed by atoms with van der Waals surface area (Å²) in [7, 11) is 0. The molecule has 1 aliphatic carbocycles. The number of imide groups is 1. The van der Waals surface area contributed by atoms with Gasteiger partial charge in [0.2, 0.25) is 5.91 Å². The number of hydrogen-bond donors (Lipinski definition) is 2. The van der Waals surface area contributed by atoms with Crippen LogP contribution in [0.15, 0.2) is 18.3 Å². The lowest BCUT2D eigenvalue weighted by Crippen LogP contribution is -2.51. The fourth-order valence-electron chi connectivity index (χ4n) is 4.18. The van der Waals surface area contributed by atoms with Gasteiger partial charge in [0.15, 0.2) is 0 Å². The van der Waals surface area contributed by atoms with Crippen LogP contribution in [0.25, 0.3) is 0 Å². The average molecular weight is 346 g/mol. The van der Waals surface area contributed by atoms with Crippen molar-refractivity contribution in [1.29, 1.82) is 0 Å². The molecule has 138 valence electrons. The number of urea groups is 1. The molecule has 1 aromatic heterocycles. The molecule has 0 unspecified atom stereocenters. The van der Waals surface area contributed by atoms with E-state index in [9.17, 15) is 9.59 Å². The Morgan fingerprint density at radius 3 is 2.80 bits per heavy atom. The molecule has 0 saturated heterocycles. The first kappa shape index (κ1) is 18.0. The van der Waals surface area contributed by atoms with Crippen molar-refractivity contribution < 1.29 is 9.59 Å². The Hall–Kier alpha value is -1.82. The van der Waals surface area contributed by atoms with Gasteiger partial charge in [-0.1, -0.05) is 26.7 Å². The Morgan fingerprint density at radius 2 is 2.00 bits per heavy atom. The maximum absolute atomic E-state index is 12.3. The zero-order valence-corrected chi connectivity index (χ0v) is 15.5. The third kappa shape index (κ3) is 4.06. The average Bonchev–Trinajstić information content (AvgIpc) is 3.04. The van der Waals surface area contributed by atoms with Gasteiger partial charge < -0.3 is 9.88 Å². The second-order valence-electron chi connectivity index (χ2n) is 7.67. The van der Waals surface area contributed by atoms with E-state index >= 15 is 0 Å². The number of amides is 3. The van der Waals surface area contributed by atoms with Crippen LogP contribution >= 0.6 is 0 Å². The summed E-state index contributed by atoms with van der Waals surface area (Å²) < 4.78 is 2.22. The van der Waals surface area contributed by atoms with E-state index in [0.717, 1.165) is 25.9 Å². The Bertz CT molecular complexity index is 627. The molecule has 25 heavy (non-hydrogen) atoms. The quantitative estimate of drug-likeness (QED) is 0.884. The van der Waals surface area contributed by atoms with Crippen LogP contribution in [0.3, 0.4) is 0 Å². The van der Waals surface area contributed by atoms with E-state index in [1.54, 1.807) is 0 Å². The Labute approximate surface area is 149 Å². The monoisotopic (exact) mass is 346 g/mol. The van der Waals surface area contributed by atoms with E-state index in [1.807, 2.05) is 6.07 Å². The minimum atomic E-state index is -0.357. The van der Waals surface area contributed by atoms with Gasteiger partial charge in [0.05, 0.1) is 6.54 Å². The van der Waals surface area contributed by atoms with Gasteiger partial charge in [0, 0.05) is 37.1 Å². The van der Waals surface area contributed by atoms with Crippen molar-refractivity contribution in [1.82, 2.24) is 20.1 Å². The van der Waals surface area contributed by atoms with Gasteiger partial charge in [-0.05, 0) is 37.3 Å². The van der Waals surface area contributed by atoms with Crippen molar-refractivity contribution >= 4 is 11.9 Å². The van der Waals surface area contributed by atoms with Gasteiger partial charge in [-0.15, -0.1) is 0 Å². The standard InChI is InChI=1S/C19H30N4O2/c1-13-6-4-7-16(14(13)2)20-19(25)21-18(24)12-23-11-10-22-9-5-8-17(22)15(23)3/h5,8-9,13-16H,4,6-7,10-12H2,1-3H3,(H2,20,21,24,25)/t13-,14+,15-,16+/m1/s1. The molecule has 4 atom stereocenters. The maximum atomic E-state index is 12.3. The van der Waals surface area contributed by atoms with Crippen molar-refractivity contribution in [2.75, 3.05) is 13.1 Å².